The Kier molecular flexibility index (Phi) is 5.35. The van der Waals surface area contributed by atoms with E-state index in [0.29, 0.717) is 9.13 Å². The van der Waals surface area contributed by atoms with Crippen molar-refractivity contribution in [2.75, 3.05) is 7.11 Å². The van der Waals surface area contributed by atoms with Gasteiger partial charge in [-0.25, -0.2) is 4.98 Å². The number of hydrogen-bond donors (Lipinski definition) is 1. The fourth-order valence-electron chi connectivity index (χ4n) is 1.27. The number of hydrogen-bond acceptors (Lipinski definition) is 5. The Morgan fingerprint density at radius 3 is 2.63 bits per heavy atom. The van der Waals surface area contributed by atoms with Crippen molar-refractivity contribution in [1.82, 2.24) is 4.98 Å². The number of rotatable bonds is 4. The Bertz CT molecular complexity index is 480. The minimum Gasteiger partial charge on any atom is -0.469 e. The molecule has 0 aromatic carbocycles. The van der Waals surface area contributed by atoms with Gasteiger partial charge in [-0.05, 0) is 28.2 Å². The van der Waals surface area contributed by atoms with Gasteiger partial charge in [0.2, 0.25) is 5.88 Å². The number of carbonyl (C=O) groups is 1. The molecule has 0 saturated carbocycles. The smallest absolute Gasteiger partial charge is 0.469 e. The molecule has 0 atom stereocenters. The minimum atomic E-state index is -4.88. The van der Waals surface area contributed by atoms with E-state index in [0.717, 1.165) is 7.11 Å². The first-order valence-electron chi connectivity index (χ1n) is 4.97. The summed E-state index contributed by atoms with van der Waals surface area (Å²) in [6.07, 6.45) is -4.07. The summed E-state index contributed by atoms with van der Waals surface area (Å²) in [4.78, 5) is 14.8. The van der Waals surface area contributed by atoms with E-state index >= 15 is 0 Å². The molecule has 19 heavy (non-hydrogen) atoms. The monoisotopic (exact) mass is 390 g/mol. The van der Waals surface area contributed by atoms with Crippen molar-refractivity contribution in [2.24, 2.45) is 5.73 Å². The van der Waals surface area contributed by atoms with Crippen molar-refractivity contribution < 1.29 is 27.4 Å². The Balaban J connectivity index is 3.22. The predicted molar refractivity (Wildman–Crippen MR) is 67.2 cm³/mol. The van der Waals surface area contributed by atoms with Crippen LogP contribution in [0.1, 0.15) is 11.1 Å². The van der Waals surface area contributed by atoms with Crippen LogP contribution in [0.15, 0.2) is 6.20 Å². The van der Waals surface area contributed by atoms with Crippen LogP contribution in [-0.4, -0.2) is 24.4 Å². The number of pyridine rings is 1. The average molecular weight is 390 g/mol. The van der Waals surface area contributed by atoms with E-state index in [1.165, 1.54) is 6.20 Å². The lowest BCUT2D eigenvalue weighted by atomic mass is 10.1. The molecule has 0 aliphatic carbocycles. The summed E-state index contributed by atoms with van der Waals surface area (Å²) in [6.45, 7) is 0.0890. The van der Waals surface area contributed by atoms with Gasteiger partial charge in [0.15, 0.2) is 0 Å². The third kappa shape index (κ3) is 4.49. The summed E-state index contributed by atoms with van der Waals surface area (Å²) >= 11 is 1.79. The molecule has 0 fully saturated rings. The number of esters is 1. The van der Waals surface area contributed by atoms with E-state index in [1.807, 2.05) is 0 Å². The van der Waals surface area contributed by atoms with Gasteiger partial charge in [-0.3, -0.25) is 4.79 Å². The lowest BCUT2D eigenvalue weighted by Gasteiger charge is -2.14. The molecule has 0 spiro atoms. The zero-order valence-electron chi connectivity index (χ0n) is 9.75. The molecule has 0 unspecified atom stereocenters. The van der Waals surface area contributed by atoms with Gasteiger partial charge in [0.25, 0.3) is 0 Å². The quantitative estimate of drug-likeness (QED) is 0.627. The van der Waals surface area contributed by atoms with Gasteiger partial charge in [0.05, 0.1) is 13.5 Å². The second-order valence-electron chi connectivity index (χ2n) is 3.39. The fraction of sp³-hybridized carbons (Fsp3) is 0.400. The molecule has 9 heteroatoms. The van der Waals surface area contributed by atoms with Crippen LogP contribution in [0.25, 0.3) is 0 Å². The zero-order valence-corrected chi connectivity index (χ0v) is 11.9. The summed E-state index contributed by atoms with van der Waals surface area (Å²) in [5, 5.41) is 0. The Morgan fingerprint density at radius 1 is 1.53 bits per heavy atom. The van der Waals surface area contributed by atoms with Crippen molar-refractivity contribution >= 4 is 28.6 Å². The van der Waals surface area contributed by atoms with Crippen LogP contribution in [0, 0.1) is 3.57 Å². The molecule has 0 saturated heterocycles. The summed E-state index contributed by atoms with van der Waals surface area (Å²) in [5.41, 5.74) is 5.97. The molecule has 2 N–H and O–H groups in total. The number of halogens is 4. The van der Waals surface area contributed by atoms with Crippen LogP contribution in [0.5, 0.6) is 5.88 Å². The number of nitrogens with zero attached hydrogens (tertiary/aromatic N) is 1. The highest BCUT2D eigenvalue weighted by atomic mass is 127. The molecule has 1 rings (SSSR count). The number of nitrogens with two attached hydrogens (primary N) is 1. The van der Waals surface area contributed by atoms with E-state index < -0.39 is 18.2 Å². The van der Waals surface area contributed by atoms with Gasteiger partial charge < -0.3 is 15.2 Å². The largest absolute Gasteiger partial charge is 0.574 e. The predicted octanol–water partition coefficient (Wildman–Crippen LogP) is 1.76. The Hall–Kier alpha value is -1.10. The molecule has 0 radical (unpaired) electrons. The SMILES string of the molecule is COC(=O)Cc1c(OC(F)(F)F)ncc(CN)c1I. The highest BCUT2D eigenvalue weighted by molar-refractivity contribution is 14.1. The molecule has 0 aliphatic rings. The van der Waals surface area contributed by atoms with Gasteiger partial charge in [-0.15, -0.1) is 13.2 Å². The van der Waals surface area contributed by atoms with Crippen molar-refractivity contribution in [2.45, 2.75) is 19.3 Å². The Labute approximate surface area is 120 Å². The van der Waals surface area contributed by atoms with Crippen LogP contribution in [0.3, 0.4) is 0 Å². The summed E-state index contributed by atoms with van der Waals surface area (Å²) in [7, 11) is 1.14. The first kappa shape index (κ1) is 16.0. The lowest BCUT2D eigenvalue weighted by molar-refractivity contribution is -0.276. The highest BCUT2D eigenvalue weighted by Crippen LogP contribution is 2.29. The van der Waals surface area contributed by atoms with E-state index in [4.69, 9.17) is 5.73 Å². The molecule has 106 valence electrons. The van der Waals surface area contributed by atoms with Crippen LogP contribution < -0.4 is 10.5 Å². The van der Waals surface area contributed by atoms with Gasteiger partial charge >= 0.3 is 12.3 Å². The second-order valence-corrected chi connectivity index (χ2v) is 4.46. The maximum atomic E-state index is 12.2. The third-order valence-electron chi connectivity index (χ3n) is 2.12. The maximum Gasteiger partial charge on any atom is 0.574 e. The van der Waals surface area contributed by atoms with E-state index in [-0.39, 0.29) is 18.5 Å². The molecular weight excluding hydrogens is 380 g/mol. The normalized spacial score (nSPS) is 11.3. The van der Waals surface area contributed by atoms with Crippen LogP contribution in [0.4, 0.5) is 13.2 Å². The molecule has 0 aliphatic heterocycles. The third-order valence-corrected chi connectivity index (χ3v) is 3.47. The average Bonchev–Trinajstić information content (AvgIpc) is 2.32. The van der Waals surface area contributed by atoms with Crippen molar-refractivity contribution in [3.8, 4) is 5.88 Å². The molecule has 1 aromatic rings. The number of alkyl halides is 3. The fourth-order valence-corrected chi connectivity index (χ4v) is 2.05. The zero-order chi connectivity index (χ0) is 14.6. The standard InChI is InChI=1S/C10H10F3IN2O3/c1-18-7(17)2-6-8(14)5(3-15)4-16-9(6)19-10(11,12)13/h4H,2-3,15H2,1H3. The van der Waals surface area contributed by atoms with Gasteiger partial charge in [0.1, 0.15) is 0 Å². The number of carbonyl (C=O) groups excluding carboxylic acids is 1. The van der Waals surface area contributed by atoms with Crippen molar-refractivity contribution in [3.05, 3.63) is 20.9 Å². The van der Waals surface area contributed by atoms with Crippen molar-refractivity contribution in [3.63, 3.8) is 0 Å². The molecule has 1 aromatic heterocycles. The lowest BCUT2D eigenvalue weighted by Crippen LogP contribution is -2.21. The summed E-state index contributed by atoms with van der Waals surface area (Å²) in [6, 6.07) is 0. The van der Waals surface area contributed by atoms with Crippen LogP contribution in [0.2, 0.25) is 0 Å². The molecule has 0 amide bonds. The van der Waals surface area contributed by atoms with Crippen LogP contribution in [-0.2, 0) is 22.5 Å². The van der Waals surface area contributed by atoms with Crippen LogP contribution >= 0.6 is 22.6 Å². The molecule has 5 nitrogen and oxygen atoms in total. The summed E-state index contributed by atoms with van der Waals surface area (Å²) < 4.78 is 45.4. The van der Waals surface area contributed by atoms with E-state index in [9.17, 15) is 18.0 Å². The number of ether oxygens (including phenoxy) is 2. The highest BCUT2D eigenvalue weighted by Gasteiger charge is 2.34. The van der Waals surface area contributed by atoms with Crippen molar-refractivity contribution in [1.29, 1.82) is 0 Å². The topological polar surface area (TPSA) is 74.4 Å². The minimum absolute atomic E-state index is 0.00715. The number of methoxy groups -OCH3 is 1. The summed E-state index contributed by atoms with van der Waals surface area (Å²) in [5.74, 6) is -1.36. The second kappa shape index (κ2) is 6.37. The molecular formula is C10H10F3IN2O3. The molecule has 1 heterocycles. The van der Waals surface area contributed by atoms with Gasteiger partial charge in [-0.2, -0.15) is 0 Å². The maximum absolute atomic E-state index is 12.2. The van der Waals surface area contributed by atoms with E-state index in [2.05, 4.69) is 14.5 Å². The van der Waals surface area contributed by atoms with E-state index in [1.54, 1.807) is 22.6 Å². The Morgan fingerprint density at radius 2 is 2.16 bits per heavy atom. The number of aromatic nitrogens is 1. The molecule has 0 bridgehead atoms. The van der Waals surface area contributed by atoms with Gasteiger partial charge in [-0.1, -0.05) is 0 Å². The van der Waals surface area contributed by atoms with Gasteiger partial charge in [0, 0.05) is 21.9 Å². The first-order valence-corrected chi connectivity index (χ1v) is 6.05. The first-order chi connectivity index (χ1) is 8.78.